The molecule has 0 aromatic heterocycles. The van der Waals surface area contributed by atoms with Crippen molar-refractivity contribution in [2.75, 3.05) is 30.8 Å². The molecule has 1 saturated heterocycles. The number of anilines is 2. The van der Waals surface area contributed by atoms with Crippen molar-refractivity contribution in [1.82, 2.24) is 4.90 Å². The summed E-state index contributed by atoms with van der Waals surface area (Å²) >= 11 is 0. The molecule has 0 atom stereocenters. The minimum atomic E-state index is 0. The highest BCUT2D eigenvalue weighted by Gasteiger charge is 2.22. The largest absolute Gasteiger partial charge is 0.399 e. The SMILES string of the molecule is CN(c1ccccc1)C1CCN(Cc2cccc(N)c2)CC1.Cl.Cl. The summed E-state index contributed by atoms with van der Waals surface area (Å²) in [6, 6.07) is 19.6. The second-order valence-electron chi connectivity index (χ2n) is 6.20. The van der Waals surface area contributed by atoms with E-state index in [-0.39, 0.29) is 24.8 Å². The van der Waals surface area contributed by atoms with Gasteiger partial charge >= 0.3 is 0 Å². The summed E-state index contributed by atoms with van der Waals surface area (Å²) in [5.74, 6) is 0. The maximum atomic E-state index is 5.86. The predicted octanol–water partition coefficient (Wildman–Crippen LogP) is 4.21. The van der Waals surface area contributed by atoms with Crippen LogP contribution in [0.2, 0.25) is 0 Å². The highest BCUT2D eigenvalue weighted by atomic mass is 35.5. The van der Waals surface area contributed by atoms with Crippen LogP contribution in [0.25, 0.3) is 0 Å². The average molecular weight is 368 g/mol. The van der Waals surface area contributed by atoms with Crippen molar-refractivity contribution in [2.45, 2.75) is 25.4 Å². The summed E-state index contributed by atoms with van der Waals surface area (Å²) in [5, 5.41) is 0. The van der Waals surface area contributed by atoms with E-state index in [9.17, 15) is 0 Å². The minimum Gasteiger partial charge on any atom is -0.399 e. The van der Waals surface area contributed by atoms with Gasteiger partial charge in [-0.2, -0.15) is 0 Å². The van der Waals surface area contributed by atoms with Gasteiger partial charge in [-0.1, -0.05) is 30.3 Å². The zero-order chi connectivity index (χ0) is 15.4. The van der Waals surface area contributed by atoms with E-state index in [1.54, 1.807) is 0 Å². The van der Waals surface area contributed by atoms with Gasteiger partial charge in [0.05, 0.1) is 0 Å². The van der Waals surface area contributed by atoms with Gasteiger partial charge in [0.25, 0.3) is 0 Å². The monoisotopic (exact) mass is 367 g/mol. The van der Waals surface area contributed by atoms with Crippen LogP contribution < -0.4 is 10.6 Å². The van der Waals surface area contributed by atoms with E-state index in [1.807, 2.05) is 12.1 Å². The van der Waals surface area contributed by atoms with Gasteiger partial charge in [-0.3, -0.25) is 4.90 Å². The third kappa shape index (κ3) is 5.30. The molecule has 24 heavy (non-hydrogen) atoms. The fraction of sp³-hybridized carbons (Fsp3) is 0.368. The van der Waals surface area contributed by atoms with E-state index in [4.69, 9.17) is 5.73 Å². The number of nitrogens with zero attached hydrogens (tertiary/aromatic N) is 2. The quantitative estimate of drug-likeness (QED) is 0.821. The van der Waals surface area contributed by atoms with Crippen LogP contribution >= 0.6 is 24.8 Å². The summed E-state index contributed by atoms with van der Waals surface area (Å²) in [7, 11) is 2.22. The van der Waals surface area contributed by atoms with Crippen molar-refractivity contribution >= 4 is 36.2 Å². The van der Waals surface area contributed by atoms with E-state index in [0.717, 1.165) is 25.3 Å². The van der Waals surface area contributed by atoms with Gasteiger partial charge in [-0.15, -0.1) is 24.8 Å². The van der Waals surface area contributed by atoms with Crippen molar-refractivity contribution in [3.05, 3.63) is 60.2 Å². The Balaban J connectivity index is 0.00000144. The Kier molecular flexibility index (Phi) is 8.40. The van der Waals surface area contributed by atoms with Gasteiger partial charge in [0.1, 0.15) is 0 Å². The van der Waals surface area contributed by atoms with E-state index in [1.165, 1.54) is 24.1 Å². The Bertz CT molecular complexity index is 599. The Labute approximate surface area is 157 Å². The topological polar surface area (TPSA) is 32.5 Å². The van der Waals surface area contributed by atoms with Crippen molar-refractivity contribution in [3.8, 4) is 0 Å². The van der Waals surface area contributed by atoms with Crippen LogP contribution in [-0.2, 0) is 6.54 Å². The molecule has 1 aliphatic heterocycles. The maximum Gasteiger partial charge on any atom is 0.0366 e. The zero-order valence-electron chi connectivity index (χ0n) is 14.1. The Morgan fingerprint density at radius 2 is 1.67 bits per heavy atom. The number of hydrogen-bond donors (Lipinski definition) is 1. The number of hydrogen-bond acceptors (Lipinski definition) is 3. The minimum absolute atomic E-state index is 0. The molecule has 0 bridgehead atoms. The number of halogens is 2. The van der Waals surface area contributed by atoms with Crippen LogP contribution in [-0.4, -0.2) is 31.1 Å². The van der Waals surface area contributed by atoms with Gasteiger partial charge in [0, 0.05) is 44.1 Å². The number of likely N-dealkylation sites (tertiary alicyclic amines) is 1. The first-order valence-electron chi connectivity index (χ1n) is 8.07. The number of nitrogen functional groups attached to an aromatic ring is 1. The molecule has 3 nitrogen and oxygen atoms in total. The summed E-state index contributed by atoms with van der Waals surface area (Å²) in [5.41, 5.74) is 9.35. The fourth-order valence-corrected chi connectivity index (χ4v) is 3.29. The molecule has 1 heterocycles. The van der Waals surface area contributed by atoms with Crippen LogP contribution in [0.15, 0.2) is 54.6 Å². The third-order valence-corrected chi connectivity index (χ3v) is 4.63. The van der Waals surface area contributed by atoms with Crippen LogP contribution in [0.4, 0.5) is 11.4 Å². The molecule has 2 aromatic rings. The number of piperidine rings is 1. The Hall–Kier alpha value is -1.42. The van der Waals surface area contributed by atoms with Crippen molar-refractivity contribution in [1.29, 1.82) is 0 Å². The molecule has 0 amide bonds. The second kappa shape index (κ2) is 9.77. The Morgan fingerprint density at radius 3 is 2.29 bits per heavy atom. The lowest BCUT2D eigenvalue weighted by atomic mass is 10.0. The summed E-state index contributed by atoms with van der Waals surface area (Å²) < 4.78 is 0. The molecule has 5 heteroatoms. The van der Waals surface area contributed by atoms with Crippen molar-refractivity contribution in [3.63, 3.8) is 0 Å². The van der Waals surface area contributed by atoms with Gasteiger partial charge in [-0.25, -0.2) is 0 Å². The molecule has 0 radical (unpaired) electrons. The molecule has 0 aliphatic carbocycles. The molecule has 0 saturated carbocycles. The molecule has 0 spiro atoms. The lowest BCUT2D eigenvalue weighted by molar-refractivity contribution is 0.203. The highest BCUT2D eigenvalue weighted by molar-refractivity contribution is 5.85. The predicted molar refractivity (Wildman–Crippen MR) is 108 cm³/mol. The first-order chi connectivity index (χ1) is 10.7. The van der Waals surface area contributed by atoms with Gasteiger partial charge < -0.3 is 10.6 Å². The van der Waals surface area contributed by atoms with Crippen LogP contribution in [0.5, 0.6) is 0 Å². The molecule has 0 unspecified atom stereocenters. The average Bonchev–Trinajstić information content (AvgIpc) is 2.56. The van der Waals surface area contributed by atoms with E-state index in [0.29, 0.717) is 6.04 Å². The van der Waals surface area contributed by atoms with Crippen molar-refractivity contribution in [2.24, 2.45) is 0 Å². The fourth-order valence-electron chi connectivity index (χ4n) is 3.29. The van der Waals surface area contributed by atoms with Crippen LogP contribution in [0.1, 0.15) is 18.4 Å². The molecule has 1 aliphatic rings. The number of benzene rings is 2. The van der Waals surface area contributed by atoms with Gasteiger partial charge in [0.2, 0.25) is 0 Å². The normalized spacial score (nSPS) is 15.2. The van der Waals surface area contributed by atoms with E-state index in [2.05, 4.69) is 59.3 Å². The van der Waals surface area contributed by atoms with Crippen LogP contribution in [0, 0.1) is 0 Å². The summed E-state index contributed by atoms with van der Waals surface area (Å²) in [4.78, 5) is 4.96. The first kappa shape index (κ1) is 20.6. The van der Waals surface area contributed by atoms with Gasteiger partial charge in [0.15, 0.2) is 0 Å². The molecule has 2 N–H and O–H groups in total. The maximum absolute atomic E-state index is 5.86. The lowest BCUT2D eigenvalue weighted by Gasteiger charge is -2.38. The summed E-state index contributed by atoms with van der Waals surface area (Å²) in [6.07, 6.45) is 2.43. The molecular formula is C19H27Cl2N3. The number of nitrogens with two attached hydrogens (primary N) is 1. The van der Waals surface area contributed by atoms with E-state index >= 15 is 0 Å². The molecule has 2 aromatic carbocycles. The lowest BCUT2D eigenvalue weighted by Crippen LogP contribution is -2.43. The first-order valence-corrected chi connectivity index (χ1v) is 8.07. The number of para-hydroxylation sites is 1. The zero-order valence-corrected chi connectivity index (χ0v) is 15.7. The van der Waals surface area contributed by atoms with Crippen molar-refractivity contribution < 1.29 is 0 Å². The Morgan fingerprint density at radius 1 is 1.00 bits per heavy atom. The van der Waals surface area contributed by atoms with Gasteiger partial charge in [-0.05, 0) is 42.7 Å². The summed E-state index contributed by atoms with van der Waals surface area (Å²) in [6.45, 7) is 3.31. The second-order valence-corrected chi connectivity index (χ2v) is 6.20. The third-order valence-electron chi connectivity index (χ3n) is 4.63. The molecule has 132 valence electrons. The standard InChI is InChI=1S/C19H25N3.2ClH/c1-21(18-8-3-2-4-9-18)19-10-12-22(13-11-19)15-16-6-5-7-17(20)14-16;;/h2-9,14,19H,10-13,15,20H2,1H3;2*1H. The van der Waals surface area contributed by atoms with E-state index < -0.39 is 0 Å². The molecular weight excluding hydrogens is 341 g/mol. The molecule has 3 rings (SSSR count). The smallest absolute Gasteiger partial charge is 0.0366 e. The number of rotatable bonds is 4. The van der Waals surface area contributed by atoms with Crippen LogP contribution in [0.3, 0.4) is 0 Å². The molecule has 1 fully saturated rings. The highest BCUT2D eigenvalue weighted by Crippen LogP contribution is 2.22.